The van der Waals surface area contributed by atoms with Crippen LogP contribution in [0, 0.1) is 3.57 Å². The van der Waals surface area contributed by atoms with Crippen LogP contribution in [0.4, 0.5) is 0 Å². The second-order valence-corrected chi connectivity index (χ2v) is 7.21. The minimum Gasteiger partial charge on any atom is -0.463 e. The number of hydrogen-bond donors (Lipinski definition) is 0. The highest BCUT2D eigenvalue weighted by Crippen LogP contribution is 2.33. The van der Waals surface area contributed by atoms with E-state index in [0.29, 0.717) is 0 Å². The van der Waals surface area contributed by atoms with Crippen LogP contribution in [-0.4, -0.2) is 52.0 Å². The normalized spacial score (nSPS) is 23.9. The maximum absolute atomic E-state index is 12.6. The zero-order chi connectivity index (χ0) is 21.2. The van der Waals surface area contributed by atoms with E-state index in [1.807, 2.05) is 0 Å². The summed E-state index contributed by atoms with van der Waals surface area (Å²) < 4.78 is 23.4. The van der Waals surface area contributed by atoms with Gasteiger partial charge in [0.2, 0.25) is 0 Å². The molecule has 0 aliphatic carbocycles. The number of halogens is 1. The van der Waals surface area contributed by atoms with Gasteiger partial charge >= 0.3 is 23.6 Å². The molecular formula is C16H19IN2O9. The van der Waals surface area contributed by atoms with Gasteiger partial charge in [-0.25, -0.2) is 4.79 Å². The first-order chi connectivity index (χ1) is 13.0. The molecule has 0 spiro atoms. The van der Waals surface area contributed by atoms with Crippen molar-refractivity contribution in [3.63, 3.8) is 0 Å². The summed E-state index contributed by atoms with van der Waals surface area (Å²) in [6, 6.07) is 0. The van der Waals surface area contributed by atoms with E-state index in [-0.39, 0.29) is 10.2 Å². The Kier molecular flexibility index (Phi) is 6.98. The van der Waals surface area contributed by atoms with Gasteiger partial charge in [-0.05, 0) is 22.6 Å². The maximum Gasteiger partial charge on any atom is 0.333 e. The zero-order valence-electron chi connectivity index (χ0n) is 15.5. The van der Waals surface area contributed by atoms with Gasteiger partial charge in [-0.2, -0.15) is 0 Å². The number of nitrogens with zero attached hydrogens (tertiary/aromatic N) is 2. The average Bonchev–Trinajstić information content (AvgIpc) is 2.90. The van der Waals surface area contributed by atoms with E-state index in [0.717, 1.165) is 23.0 Å². The third-order valence-electron chi connectivity index (χ3n) is 3.88. The smallest absolute Gasteiger partial charge is 0.333 e. The van der Waals surface area contributed by atoms with E-state index in [1.165, 1.54) is 20.2 Å². The molecule has 28 heavy (non-hydrogen) atoms. The molecule has 1 aromatic heterocycles. The molecule has 2 unspecified atom stereocenters. The standard InChI is InChI=1S/C16H19IN2O9/c1-7(20)25-6-11-12(26-8(2)21)13(27-9(3)22)15(28-11)19-5-10(17)14(23)18(4)16(19)24/h5,11-13,15H,6H2,1-4H3/t11-,12?,13?,15-/m1/s1. The van der Waals surface area contributed by atoms with Gasteiger partial charge in [-0.1, -0.05) is 0 Å². The summed E-state index contributed by atoms with van der Waals surface area (Å²) in [5.41, 5.74) is -1.22. The SMILES string of the molecule is CC(=O)OC[C@H]1O[C@@H](n2cc(I)c(=O)n(C)c2=O)C(OC(C)=O)C1OC(C)=O. The van der Waals surface area contributed by atoms with Crippen LogP contribution >= 0.6 is 22.6 Å². The third-order valence-corrected chi connectivity index (χ3v) is 4.62. The lowest BCUT2D eigenvalue weighted by Crippen LogP contribution is -2.45. The van der Waals surface area contributed by atoms with Gasteiger partial charge in [0.15, 0.2) is 18.4 Å². The predicted octanol–water partition coefficient (Wildman–Crippen LogP) is -0.524. The minimum atomic E-state index is -1.21. The number of carbonyl (C=O) groups is 3. The van der Waals surface area contributed by atoms with E-state index >= 15 is 0 Å². The van der Waals surface area contributed by atoms with Crippen molar-refractivity contribution >= 4 is 40.5 Å². The maximum atomic E-state index is 12.6. The molecule has 0 aromatic carbocycles. The van der Waals surface area contributed by atoms with Gasteiger partial charge in [0.05, 0.1) is 3.57 Å². The second-order valence-electron chi connectivity index (χ2n) is 6.05. The minimum absolute atomic E-state index is 0.220. The molecule has 0 radical (unpaired) electrons. The van der Waals surface area contributed by atoms with Crippen molar-refractivity contribution < 1.29 is 33.3 Å². The molecule has 4 atom stereocenters. The monoisotopic (exact) mass is 510 g/mol. The molecular weight excluding hydrogens is 491 g/mol. The van der Waals surface area contributed by atoms with Crippen LogP contribution in [0.2, 0.25) is 0 Å². The molecule has 2 rings (SSSR count). The molecule has 0 amide bonds. The fourth-order valence-electron chi connectivity index (χ4n) is 2.75. The number of rotatable bonds is 5. The van der Waals surface area contributed by atoms with Crippen molar-refractivity contribution in [2.24, 2.45) is 7.05 Å². The van der Waals surface area contributed by atoms with E-state index in [9.17, 15) is 24.0 Å². The van der Waals surface area contributed by atoms with E-state index < -0.39 is 53.7 Å². The van der Waals surface area contributed by atoms with Crippen LogP contribution in [0.25, 0.3) is 0 Å². The Hall–Kier alpha value is -2.22. The highest BCUT2D eigenvalue weighted by Gasteiger charge is 2.51. The third kappa shape index (κ3) is 4.79. The van der Waals surface area contributed by atoms with Gasteiger partial charge in [0, 0.05) is 34.0 Å². The first-order valence-electron chi connectivity index (χ1n) is 8.13. The van der Waals surface area contributed by atoms with E-state index in [1.54, 1.807) is 22.6 Å². The van der Waals surface area contributed by atoms with Crippen molar-refractivity contribution in [2.45, 2.75) is 45.3 Å². The Bertz CT molecular complexity index is 906. The zero-order valence-corrected chi connectivity index (χ0v) is 17.7. The first-order valence-corrected chi connectivity index (χ1v) is 9.21. The van der Waals surface area contributed by atoms with E-state index in [4.69, 9.17) is 18.9 Å². The van der Waals surface area contributed by atoms with Crippen LogP contribution in [0.1, 0.15) is 27.0 Å². The highest BCUT2D eigenvalue weighted by atomic mass is 127. The molecule has 12 heteroatoms. The Morgan fingerprint density at radius 2 is 1.64 bits per heavy atom. The largest absolute Gasteiger partial charge is 0.463 e. The first kappa shape index (κ1) is 22.1. The lowest BCUT2D eigenvalue weighted by molar-refractivity contribution is -0.166. The molecule has 1 saturated heterocycles. The summed E-state index contributed by atoms with van der Waals surface area (Å²) in [7, 11) is 1.29. The molecule has 0 bridgehead atoms. The van der Waals surface area contributed by atoms with Crippen molar-refractivity contribution in [3.05, 3.63) is 30.6 Å². The summed E-state index contributed by atoms with van der Waals surface area (Å²) in [6.07, 6.45) is -3.28. The summed E-state index contributed by atoms with van der Waals surface area (Å²) >= 11 is 1.76. The molecule has 0 N–H and O–H groups in total. The fraction of sp³-hybridized carbons (Fsp3) is 0.562. The number of ether oxygens (including phenoxy) is 4. The van der Waals surface area contributed by atoms with Crippen molar-refractivity contribution in [1.29, 1.82) is 0 Å². The number of hydrogen-bond acceptors (Lipinski definition) is 9. The molecule has 1 aromatic rings. The van der Waals surface area contributed by atoms with Crippen LogP contribution in [0.3, 0.4) is 0 Å². The van der Waals surface area contributed by atoms with Gasteiger partial charge in [-0.3, -0.25) is 28.3 Å². The average molecular weight is 510 g/mol. The molecule has 1 aliphatic rings. The van der Waals surface area contributed by atoms with Gasteiger partial charge in [-0.15, -0.1) is 0 Å². The summed E-state index contributed by atoms with van der Waals surface area (Å²) in [5.74, 6) is -1.97. The molecule has 1 aliphatic heterocycles. The Morgan fingerprint density at radius 3 is 2.18 bits per heavy atom. The van der Waals surface area contributed by atoms with Crippen LogP contribution in [0.15, 0.2) is 15.8 Å². The molecule has 2 heterocycles. The topological polar surface area (TPSA) is 132 Å². The Balaban J connectivity index is 2.53. The fourth-order valence-corrected chi connectivity index (χ4v) is 3.41. The quantitative estimate of drug-likeness (QED) is 0.292. The van der Waals surface area contributed by atoms with E-state index in [2.05, 4.69) is 0 Å². The second kappa shape index (κ2) is 8.86. The van der Waals surface area contributed by atoms with Crippen LogP contribution < -0.4 is 11.2 Å². The predicted molar refractivity (Wildman–Crippen MR) is 100 cm³/mol. The summed E-state index contributed by atoms with van der Waals surface area (Å²) in [6.45, 7) is 3.20. The number of carbonyl (C=O) groups excluding carboxylic acids is 3. The molecule has 154 valence electrons. The van der Waals surface area contributed by atoms with Crippen molar-refractivity contribution in [1.82, 2.24) is 9.13 Å². The lowest BCUT2D eigenvalue weighted by atomic mass is 10.1. The Morgan fingerprint density at radius 1 is 1.07 bits per heavy atom. The lowest BCUT2D eigenvalue weighted by Gasteiger charge is -2.24. The van der Waals surface area contributed by atoms with Crippen molar-refractivity contribution in [3.8, 4) is 0 Å². The van der Waals surface area contributed by atoms with Crippen LogP contribution in [-0.2, 0) is 40.4 Å². The summed E-state index contributed by atoms with van der Waals surface area (Å²) in [5, 5.41) is 0. The summed E-state index contributed by atoms with van der Waals surface area (Å²) in [4.78, 5) is 58.8. The molecule has 0 saturated carbocycles. The van der Waals surface area contributed by atoms with Crippen LogP contribution in [0.5, 0.6) is 0 Å². The van der Waals surface area contributed by atoms with Gasteiger partial charge < -0.3 is 18.9 Å². The highest BCUT2D eigenvalue weighted by molar-refractivity contribution is 14.1. The number of aromatic nitrogens is 2. The number of esters is 3. The van der Waals surface area contributed by atoms with Gasteiger partial charge in [0.25, 0.3) is 5.56 Å². The molecule has 1 fully saturated rings. The Labute approximate surface area is 172 Å². The van der Waals surface area contributed by atoms with Crippen molar-refractivity contribution in [2.75, 3.05) is 6.61 Å². The molecule has 11 nitrogen and oxygen atoms in total. The van der Waals surface area contributed by atoms with Gasteiger partial charge in [0.1, 0.15) is 12.7 Å².